The van der Waals surface area contributed by atoms with Gasteiger partial charge >= 0.3 is 5.63 Å². The number of hydrogen-bond donors (Lipinski definition) is 1. The molecule has 2 aliphatic rings. The van der Waals surface area contributed by atoms with Crippen LogP contribution in [-0.2, 0) is 4.79 Å². The number of aryl methyl sites for hydroxylation is 1. The van der Waals surface area contributed by atoms with Gasteiger partial charge in [-0.1, -0.05) is 66.3 Å². The van der Waals surface area contributed by atoms with E-state index >= 15 is 0 Å². The summed E-state index contributed by atoms with van der Waals surface area (Å²) in [7, 11) is 0. The van der Waals surface area contributed by atoms with Gasteiger partial charge < -0.3 is 9.73 Å². The van der Waals surface area contributed by atoms with Crippen molar-refractivity contribution in [2.24, 2.45) is 0 Å². The van der Waals surface area contributed by atoms with Crippen LogP contribution in [-0.4, -0.2) is 5.91 Å². The number of amides is 1. The van der Waals surface area contributed by atoms with E-state index in [1.54, 1.807) is 12.1 Å². The maximum Gasteiger partial charge on any atom is 0.342 e. The zero-order valence-corrected chi connectivity index (χ0v) is 15.6. The first kappa shape index (κ1) is 18.0. The third kappa shape index (κ3) is 3.81. The summed E-state index contributed by atoms with van der Waals surface area (Å²) >= 11 is 0. The molecule has 4 rings (SSSR count). The molecule has 0 bridgehead atoms. The molecule has 0 fully saturated rings. The fourth-order valence-corrected chi connectivity index (χ4v) is 3.58. The van der Waals surface area contributed by atoms with Gasteiger partial charge in [-0.2, -0.15) is 0 Å². The van der Waals surface area contributed by atoms with Crippen LogP contribution in [0.3, 0.4) is 0 Å². The highest BCUT2D eigenvalue weighted by atomic mass is 16.4. The highest BCUT2D eigenvalue weighted by molar-refractivity contribution is 5.95. The van der Waals surface area contributed by atoms with E-state index in [1.807, 2.05) is 55.5 Å². The minimum atomic E-state index is -0.408. The fourth-order valence-electron chi connectivity index (χ4n) is 3.58. The minimum Gasteiger partial charge on any atom is -0.423 e. The molecule has 2 aromatic rings. The van der Waals surface area contributed by atoms with Crippen molar-refractivity contribution in [2.45, 2.75) is 25.7 Å². The van der Waals surface area contributed by atoms with Crippen LogP contribution in [0.4, 0.5) is 5.69 Å². The zero-order chi connectivity index (χ0) is 19.5. The molecule has 1 aromatic carbocycles. The Labute approximate surface area is 163 Å². The van der Waals surface area contributed by atoms with Gasteiger partial charge in [0, 0.05) is 18.4 Å². The Kier molecular flexibility index (Phi) is 4.94. The molecule has 140 valence electrons. The van der Waals surface area contributed by atoms with E-state index in [9.17, 15) is 9.59 Å². The van der Waals surface area contributed by atoms with E-state index in [0.717, 1.165) is 23.1 Å². The van der Waals surface area contributed by atoms with Crippen molar-refractivity contribution >= 4 is 17.7 Å². The largest absolute Gasteiger partial charge is 0.423 e. The molecule has 0 radical (unpaired) electrons. The molecular formula is C24H21NO3. The molecule has 1 amide bonds. The molecule has 2 heterocycles. The molecule has 1 aliphatic heterocycles. The normalized spacial score (nSPS) is 18.5. The standard InChI is InChI=1S/C24H21NO3/c1-16-7-6-10-18(13-16)20-15-22(26)25-21-14-19(28-24(27)23(20)21)12-11-17-8-4-2-3-5-9-17/h2,4-14,20H,3,15H2,1H3,(H,25,26)/b12-11+. The molecule has 1 aromatic heterocycles. The number of nitrogens with one attached hydrogen (secondary N) is 1. The lowest BCUT2D eigenvalue weighted by Crippen LogP contribution is -2.28. The lowest BCUT2D eigenvalue weighted by atomic mass is 9.85. The van der Waals surface area contributed by atoms with Crippen molar-refractivity contribution in [2.75, 3.05) is 5.32 Å². The summed E-state index contributed by atoms with van der Waals surface area (Å²) in [6.07, 6.45) is 14.9. The number of benzene rings is 1. The summed E-state index contributed by atoms with van der Waals surface area (Å²) < 4.78 is 5.55. The Morgan fingerprint density at radius 3 is 2.89 bits per heavy atom. The van der Waals surface area contributed by atoms with Crippen LogP contribution in [0.1, 0.15) is 41.2 Å². The molecule has 1 N–H and O–H groups in total. The van der Waals surface area contributed by atoms with E-state index in [-0.39, 0.29) is 18.2 Å². The van der Waals surface area contributed by atoms with Gasteiger partial charge in [0.2, 0.25) is 5.91 Å². The zero-order valence-electron chi connectivity index (χ0n) is 15.6. The molecule has 0 saturated carbocycles. The van der Waals surface area contributed by atoms with Crippen molar-refractivity contribution in [1.82, 2.24) is 0 Å². The van der Waals surface area contributed by atoms with Crippen molar-refractivity contribution < 1.29 is 9.21 Å². The van der Waals surface area contributed by atoms with Crippen LogP contribution >= 0.6 is 0 Å². The second-order valence-electron chi connectivity index (χ2n) is 7.05. The molecule has 4 heteroatoms. The van der Waals surface area contributed by atoms with E-state index in [0.29, 0.717) is 17.0 Å². The summed E-state index contributed by atoms with van der Waals surface area (Å²) in [6.45, 7) is 2.00. The number of carbonyl (C=O) groups is 1. The molecule has 1 aliphatic carbocycles. The molecular weight excluding hydrogens is 350 g/mol. The lowest BCUT2D eigenvalue weighted by Gasteiger charge is -2.25. The van der Waals surface area contributed by atoms with Gasteiger partial charge in [-0.25, -0.2) is 4.79 Å². The quantitative estimate of drug-likeness (QED) is 0.837. The minimum absolute atomic E-state index is 0.0981. The maximum absolute atomic E-state index is 12.8. The van der Waals surface area contributed by atoms with Crippen LogP contribution < -0.4 is 10.9 Å². The van der Waals surface area contributed by atoms with Gasteiger partial charge in [0.25, 0.3) is 0 Å². The molecule has 1 atom stereocenters. The van der Waals surface area contributed by atoms with Gasteiger partial charge in [-0.15, -0.1) is 0 Å². The van der Waals surface area contributed by atoms with Gasteiger partial charge in [-0.05, 0) is 30.6 Å². The van der Waals surface area contributed by atoms with E-state index in [2.05, 4.69) is 17.5 Å². The first-order valence-electron chi connectivity index (χ1n) is 9.36. The van der Waals surface area contributed by atoms with Crippen LogP contribution in [0.2, 0.25) is 0 Å². The first-order chi connectivity index (χ1) is 13.6. The fraction of sp³-hybridized carbons (Fsp3) is 0.167. The number of hydrogen-bond acceptors (Lipinski definition) is 3. The average molecular weight is 371 g/mol. The van der Waals surface area contributed by atoms with Gasteiger partial charge in [0.1, 0.15) is 5.76 Å². The second-order valence-corrected chi connectivity index (χ2v) is 7.05. The van der Waals surface area contributed by atoms with Crippen LogP contribution in [0.15, 0.2) is 81.6 Å². The summed E-state index contributed by atoms with van der Waals surface area (Å²) in [4.78, 5) is 25.0. The monoisotopic (exact) mass is 371 g/mol. The average Bonchev–Trinajstić information content (AvgIpc) is 2.94. The lowest BCUT2D eigenvalue weighted by molar-refractivity contribution is -0.116. The van der Waals surface area contributed by atoms with Crippen molar-refractivity contribution in [3.05, 3.63) is 105 Å². The number of carbonyl (C=O) groups excluding carboxylic acids is 1. The van der Waals surface area contributed by atoms with Gasteiger partial charge in [0.15, 0.2) is 0 Å². The number of fused-ring (bicyclic) bond motifs is 1. The summed E-state index contributed by atoms with van der Waals surface area (Å²) in [5.74, 6) is 0.0196. The van der Waals surface area contributed by atoms with Crippen molar-refractivity contribution in [3.63, 3.8) is 0 Å². The predicted octanol–water partition coefficient (Wildman–Crippen LogP) is 4.88. The molecule has 0 saturated heterocycles. The van der Waals surface area contributed by atoms with Crippen molar-refractivity contribution in [3.8, 4) is 0 Å². The number of anilines is 1. The molecule has 4 nitrogen and oxygen atoms in total. The second kappa shape index (κ2) is 7.69. The SMILES string of the molecule is Cc1cccc(C2CC(=O)Nc3cc(/C=C/C4=CC=CCC=C4)oc(=O)c32)c1. The number of allylic oxidation sites excluding steroid dienone is 7. The Bertz CT molecular complexity index is 1100. The molecule has 0 spiro atoms. The van der Waals surface area contributed by atoms with E-state index in [1.165, 1.54) is 0 Å². The van der Waals surface area contributed by atoms with Crippen LogP contribution in [0.5, 0.6) is 0 Å². The highest BCUT2D eigenvalue weighted by Gasteiger charge is 2.30. The van der Waals surface area contributed by atoms with Crippen molar-refractivity contribution in [1.29, 1.82) is 0 Å². The topological polar surface area (TPSA) is 59.3 Å². The summed E-state index contributed by atoms with van der Waals surface area (Å²) in [5, 5.41) is 2.83. The summed E-state index contributed by atoms with van der Waals surface area (Å²) in [5.41, 5.74) is 3.69. The Morgan fingerprint density at radius 2 is 2.04 bits per heavy atom. The first-order valence-corrected chi connectivity index (χ1v) is 9.36. The van der Waals surface area contributed by atoms with Gasteiger partial charge in [-0.3, -0.25) is 4.79 Å². The molecule has 28 heavy (non-hydrogen) atoms. The Morgan fingerprint density at radius 1 is 1.14 bits per heavy atom. The Hall–Kier alpha value is -3.40. The summed E-state index contributed by atoms with van der Waals surface area (Å²) in [6, 6.07) is 9.63. The maximum atomic E-state index is 12.8. The smallest absolute Gasteiger partial charge is 0.342 e. The predicted molar refractivity (Wildman–Crippen MR) is 111 cm³/mol. The number of rotatable bonds is 3. The van der Waals surface area contributed by atoms with Crippen LogP contribution in [0.25, 0.3) is 6.08 Å². The third-order valence-electron chi connectivity index (χ3n) is 4.91. The Balaban J connectivity index is 1.72. The third-order valence-corrected chi connectivity index (χ3v) is 4.91. The van der Waals surface area contributed by atoms with E-state index < -0.39 is 5.63 Å². The molecule has 1 unspecified atom stereocenters. The highest BCUT2D eigenvalue weighted by Crippen LogP contribution is 2.35. The van der Waals surface area contributed by atoms with E-state index in [4.69, 9.17) is 4.42 Å². The van der Waals surface area contributed by atoms with Crippen LogP contribution in [0, 0.1) is 6.92 Å². The van der Waals surface area contributed by atoms with Gasteiger partial charge in [0.05, 0.1) is 11.3 Å².